The summed E-state index contributed by atoms with van der Waals surface area (Å²) in [6, 6.07) is 5.25. The summed E-state index contributed by atoms with van der Waals surface area (Å²) in [5.41, 5.74) is 0.310. The SMILES string of the molecule is CCCCCC(C=O)NC(=O)[C@H](C)NC(=O)CNC(=O)c1ccccc1OC. The summed E-state index contributed by atoms with van der Waals surface area (Å²) in [4.78, 5) is 47.4. The highest BCUT2D eigenvalue weighted by Crippen LogP contribution is 2.16. The molecule has 0 aliphatic carbocycles. The fourth-order valence-corrected chi connectivity index (χ4v) is 2.54. The van der Waals surface area contributed by atoms with Gasteiger partial charge in [-0.15, -0.1) is 0 Å². The van der Waals surface area contributed by atoms with E-state index in [-0.39, 0.29) is 6.54 Å². The molecule has 2 atom stereocenters. The summed E-state index contributed by atoms with van der Waals surface area (Å²) in [5.74, 6) is -1.02. The first-order valence-corrected chi connectivity index (χ1v) is 9.39. The number of nitrogens with one attached hydrogen (secondary N) is 3. The van der Waals surface area contributed by atoms with Crippen molar-refractivity contribution in [2.24, 2.45) is 0 Å². The first-order chi connectivity index (χ1) is 13.4. The summed E-state index contributed by atoms with van der Waals surface area (Å²) in [6.45, 7) is 3.28. The van der Waals surface area contributed by atoms with Crippen molar-refractivity contribution in [2.75, 3.05) is 13.7 Å². The number of methoxy groups -OCH3 is 1. The number of hydrogen-bond acceptors (Lipinski definition) is 5. The molecule has 1 unspecified atom stereocenters. The fraction of sp³-hybridized carbons (Fsp3) is 0.500. The summed E-state index contributed by atoms with van der Waals surface area (Å²) in [5, 5.41) is 7.60. The van der Waals surface area contributed by atoms with Gasteiger partial charge in [-0.25, -0.2) is 0 Å². The number of rotatable bonds is 12. The molecule has 0 bridgehead atoms. The summed E-state index contributed by atoms with van der Waals surface area (Å²) in [7, 11) is 1.45. The van der Waals surface area contributed by atoms with Crippen LogP contribution in [-0.4, -0.2) is 49.7 Å². The van der Waals surface area contributed by atoms with E-state index in [0.717, 1.165) is 19.3 Å². The van der Waals surface area contributed by atoms with Crippen LogP contribution in [0.15, 0.2) is 24.3 Å². The third-order valence-corrected chi connectivity index (χ3v) is 4.14. The van der Waals surface area contributed by atoms with Crippen LogP contribution in [0, 0.1) is 0 Å². The van der Waals surface area contributed by atoms with E-state index in [9.17, 15) is 19.2 Å². The van der Waals surface area contributed by atoms with Gasteiger partial charge in [0.1, 0.15) is 18.1 Å². The highest BCUT2D eigenvalue weighted by Gasteiger charge is 2.19. The molecule has 154 valence electrons. The smallest absolute Gasteiger partial charge is 0.255 e. The molecule has 0 fully saturated rings. The van der Waals surface area contributed by atoms with Gasteiger partial charge in [0.2, 0.25) is 11.8 Å². The molecule has 8 nitrogen and oxygen atoms in total. The number of hydrogen-bond donors (Lipinski definition) is 3. The molecule has 0 spiro atoms. The normalized spacial score (nSPS) is 12.4. The van der Waals surface area contributed by atoms with E-state index in [1.54, 1.807) is 24.3 Å². The molecule has 0 radical (unpaired) electrons. The van der Waals surface area contributed by atoms with Crippen molar-refractivity contribution in [1.82, 2.24) is 16.0 Å². The lowest BCUT2D eigenvalue weighted by molar-refractivity contribution is -0.129. The lowest BCUT2D eigenvalue weighted by atomic mass is 10.1. The Balaban J connectivity index is 2.45. The Hall–Kier alpha value is -2.90. The largest absolute Gasteiger partial charge is 0.496 e. The molecular weight excluding hydrogens is 362 g/mol. The molecule has 3 amide bonds. The summed E-state index contributed by atoms with van der Waals surface area (Å²) >= 11 is 0. The minimum Gasteiger partial charge on any atom is -0.496 e. The van der Waals surface area contributed by atoms with Crippen LogP contribution >= 0.6 is 0 Å². The Morgan fingerprint density at radius 1 is 1.14 bits per heavy atom. The molecule has 0 saturated carbocycles. The van der Waals surface area contributed by atoms with Crippen LogP contribution in [0.1, 0.15) is 49.9 Å². The highest BCUT2D eigenvalue weighted by atomic mass is 16.5. The number of benzene rings is 1. The maximum Gasteiger partial charge on any atom is 0.255 e. The molecule has 3 N–H and O–H groups in total. The average molecular weight is 391 g/mol. The maximum absolute atomic E-state index is 12.2. The van der Waals surface area contributed by atoms with Gasteiger partial charge in [-0.05, 0) is 25.5 Å². The van der Waals surface area contributed by atoms with E-state index in [0.29, 0.717) is 24.0 Å². The van der Waals surface area contributed by atoms with Crippen LogP contribution in [0.4, 0.5) is 0 Å². The van der Waals surface area contributed by atoms with Crippen LogP contribution < -0.4 is 20.7 Å². The Bertz CT molecular complexity index is 678. The van der Waals surface area contributed by atoms with E-state index >= 15 is 0 Å². The van der Waals surface area contributed by atoms with Gasteiger partial charge >= 0.3 is 0 Å². The predicted molar refractivity (Wildman–Crippen MR) is 105 cm³/mol. The van der Waals surface area contributed by atoms with E-state index in [2.05, 4.69) is 22.9 Å². The predicted octanol–water partition coefficient (Wildman–Crippen LogP) is 1.19. The van der Waals surface area contributed by atoms with Crippen LogP contribution in [0.2, 0.25) is 0 Å². The molecule has 8 heteroatoms. The van der Waals surface area contributed by atoms with Gasteiger partial charge in [0.15, 0.2) is 0 Å². The molecule has 1 rings (SSSR count). The number of amides is 3. The number of aldehydes is 1. The fourth-order valence-electron chi connectivity index (χ4n) is 2.54. The van der Waals surface area contributed by atoms with Gasteiger partial charge in [-0.3, -0.25) is 14.4 Å². The number of ether oxygens (including phenoxy) is 1. The van der Waals surface area contributed by atoms with Gasteiger partial charge in [-0.1, -0.05) is 38.3 Å². The zero-order valence-corrected chi connectivity index (χ0v) is 16.6. The lowest BCUT2D eigenvalue weighted by Gasteiger charge is -2.18. The lowest BCUT2D eigenvalue weighted by Crippen LogP contribution is -2.50. The summed E-state index contributed by atoms with van der Waals surface area (Å²) < 4.78 is 5.11. The minimum atomic E-state index is -0.829. The average Bonchev–Trinajstić information content (AvgIpc) is 2.71. The Kier molecular flexibility index (Phi) is 10.3. The highest BCUT2D eigenvalue weighted by molar-refractivity contribution is 5.99. The molecular formula is C20H29N3O5. The molecule has 28 heavy (non-hydrogen) atoms. The second kappa shape index (κ2) is 12.5. The van der Waals surface area contributed by atoms with Gasteiger partial charge in [0, 0.05) is 0 Å². The van der Waals surface area contributed by atoms with E-state index in [1.165, 1.54) is 14.0 Å². The number of carbonyl (C=O) groups is 4. The van der Waals surface area contributed by atoms with Gasteiger partial charge in [-0.2, -0.15) is 0 Å². The number of unbranched alkanes of at least 4 members (excludes halogenated alkanes) is 2. The Morgan fingerprint density at radius 3 is 2.50 bits per heavy atom. The van der Waals surface area contributed by atoms with Crippen molar-refractivity contribution in [1.29, 1.82) is 0 Å². The number of para-hydroxylation sites is 1. The van der Waals surface area contributed by atoms with Gasteiger partial charge < -0.3 is 25.5 Å². The van der Waals surface area contributed by atoms with Gasteiger partial charge in [0.25, 0.3) is 5.91 Å². The van der Waals surface area contributed by atoms with Crippen LogP contribution in [-0.2, 0) is 14.4 Å². The van der Waals surface area contributed by atoms with E-state index < -0.39 is 29.8 Å². The quantitative estimate of drug-likeness (QED) is 0.366. The first kappa shape index (κ1) is 23.1. The molecule has 0 heterocycles. The first-order valence-electron chi connectivity index (χ1n) is 9.39. The van der Waals surface area contributed by atoms with Crippen LogP contribution in [0.25, 0.3) is 0 Å². The van der Waals surface area contributed by atoms with Gasteiger partial charge in [0.05, 0.1) is 25.3 Å². The van der Waals surface area contributed by atoms with Crippen molar-refractivity contribution >= 4 is 24.0 Å². The summed E-state index contributed by atoms with van der Waals surface area (Å²) in [6.07, 6.45) is 4.12. The third kappa shape index (κ3) is 7.77. The molecule has 0 aliphatic rings. The zero-order valence-electron chi connectivity index (χ0n) is 16.6. The third-order valence-electron chi connectivity index (χ3n) is 4.14. The van der Waals surface area contributed by atoms with E-state index in [1.807, 2.05) is 0 Å². The molecule has 1 aromatic rings. The topological polar surface area (TPSA) is 114 Å². The molecule has 1 aromatic carbocycles. The van der Waals surface area contributed by atoms with Crippen molar-refractivity contribution < 1.29 is 23.9 Å². The minimum absolute atomic E-state index is 0.290. The van der Waals surface area contributed by atoms with Crippen LogP contribution in [0.5, 0.6) is 5.75 Å². The van der Waals surface area contributed by atoms with Crippen molar-refractivity contribution in [3.05, 3.63) is 29.8 Å². The van der Waals surface area contributed by atoms with Crippen molar-refractivity contribution in [3.8, 4) is 5.75 Å². The van der Waals surface area contributed by atoms with Crippen molar-refractivity contribution in [2.45, 2.75) is 51.6 Å². The Morgan fingerprint density at radius 2 is 1.86 bits per heavy atom. The molecule has 0 aromatic heterocycles. The monoisotopic (exact) mass is 391 g/mol. The zero-order chi connectivity index (χ0) is 20.9. The standard InChI is InChI=1S/C20H29N3O5/c1-4-5-6-9-15(13-24)23-19(26)14(2)22-18(25)12-21-20(27)16-10-7-8-11-17(16)28-3/h7-8,10-11,13-15H,4-6,9,12H2,1-3H3,(H,21,27)(H,22,25)(H,23,26)/t14-,15?/m0/s1. The molecule has 0 saturated heterocycles. The van der Waals surface area contributed by atoms with Crippen LogP contribution in [0.3, 0.4) is 0 Å². The molecule has 0 aliphatic heterocycles. The second-order valence-corrected chi connectivity index (χ2v) is 6.42. The van der Waals surface area contributed by atoms with Crippen molar-refractivity contribution in [3.63, 3.8) is 0 Å². The number of carbonyl (C=O) groups excluding carboxylic acids is 4. The maximum atomic E-state index is 12.2. The Labute approximate surface area is 165 Å². The van der Waals surface area contributed by atoms with E-state index in [4.69, 9.17) is 4.74 Å². The second-order valence-electron chi connectivity index (χ2n) is 6.42.